The second-order valence-corrected chi connectivity index (χ2v) is 8.62. The van der Waals surface area contributed by atoms with E-state index in [2.05, 4.69) is 0 Å². The lowest BCUT2D eigenvalue weighted by molar-refractivity contribution is -0.135. The van der Waals surface area contributed by atoms with E-state index in [1.165, 1.54) is 6.07 Å². The van der Waals surface area contributed by atoms with Crippen LogP contribution in [0, 0.1) is 12.8 Å². The fourth-order valence-corrected chi connectivity index (χ4v) is 4.85. The Kier molecular flexibility index (Phi) is 5.04. The number of carbonyl (C=O) groups excluding carboxylic acids is 3. The summed E-state index contributed by atoms with van der Waals surface area (Å²) in [6, 6.07) is 1.47. The topological polar surface area (TPSA) is 99.1 Å². The number of allylic oxidation sites excluding steroid dienone is 2. The van der Waals surface area contributed by atoms with Gasteiger partial charge in [0.2, 0.25) is 5.78 Å². The first-order chi connectivity index (χ1) is 14.6. The van der Waals surface area contributed by atoms with Gasteiger partial charge in [-0.05, 0) is 38.8 Å². The van der Waals surface area contributed by atoms with Crippen molar-refractivity contribution in [2.24, 2.45) is 5.92 Å². The SMILES string of the molecule is CC1=C([C@@H](C)[C@@H](C)OC=O)C(=O)C2=C(C1=O)[C@H]1O[C@@H](C)[C@H](C)c3c(C)c(O)cc(c31)O2. The van der Waals surface area contributed by atoms with Crippen LogP contribution in [0.5, 0.6) is 11.5 Å². The summed E-state index contributed by atoms with van der Waals surface area (Å²) >= 11 is 0. The summed E-state index contributed by atoms with van der Waals surface area (Å²) in [5, 5.41) is 10.5. The molecule has 0 unspecified atom stereocenters. The molecule has 164 valence electrons. The predicted molar refractivity (Wildman–Crippen MR) is 111 cm³/mol. The molecule has 31 heavy (non-hydrogen) atoms. The molecule has 0 spiro atoms. The van der Waals surface area contributed by atoms with Crippen LogP contribution in [0.4, 0.5) is 0 Å². The molecule has 7 heteroatoms. The van der Waals surface area contributed by atoms with Crippen molar-refractivity contribution in [3.8, 4) is 11.5 Å². The second kappa shape index (κ2) is 7.34. The van der Waals surface area contributed by atoms with Gasteiger partial charge >= 0.3 is 0 Å². The molecule has 0 saturated heterocycles. The average molecular weight is 426 g/mol. The van der Waals surface area contributed by atoms with Gasteiger partial charge in [-0.25, -0.2) is 0 Å². The van der Waals surface area contributed by atoms with Crippen molar-refractivity contribution in [3.05, 3.63) is 45.2 Å². The van der Waals surface area contributed by atoms with Gasteiger partial charge in [0.15, 0.2) is 11.5 Å². The van der Waals surface area contributed by atoms with E-state index >= 15 is 0 Å². The first-order valence-electron chi connectivity index (χ1n) is 10.4. The number of hydrogen-bond donors (Lipinski definition) is 1. The van der Waals surface area contributed by atoms with Gasteiger partial charge in [0.25, 0.3) is 6.47 Å². The van der Waals surface area contributed by atoms with Crippen molar-refractivity contribution >= 4 is 18.0 Å². The van der Waals surface area contributed by atoms with Crippen LogP contribution in [0.25, 0.3) is 0 Å². The summed E-state index contributed by atoms with van der Waals surface area (Å²) in [6.45, 7) is 11.1. The summed E-state index contributed by atoms with van der Waals surface area (Å²) in [5.41, 5.74) is 3.06. The van der Waals surface area contributed by atoms with Gasteiger partial charge in [0, 0.05) is 34.6 Å². The van der Waals surface area contributed by atoms with Gasteiger partial charge in [0.1, 0.15) is 23.7 Å². The van der Waals surface area contributed by atoms with Crippen LogP contribution < -0.4 is 4.74 Å². The third kappa shape index (κ3) is 2.94. The predicted octanol–water partition coefficient (Wildman–Crippen LogP) is 3.58. The maximum atomic E-state index is 13.5. The largest absolute Gasteiger partial charge is 0.508 e. The number of aromatic hydroxyl groups is 1. The molecular weight excluding hydrogens is 400 g/mol. The number of fused-ring (bicyclic) bond motifs is 1. The molecule has 1 aromatic carbocycles. The highest BCUT2D eigenvalue weighted by Gasteiger charge is 2.48. The Morgan fingerprint density at radius 2 is 1.81 bits per heavy atom. The van der Waals surface area contributed by atoms with Gasteiger partial charge < -0.3 is 19.3 Å². The Balaban J connectivity index is 1.88. The maximum Gasteiger partial charge on any atom is 0.293 e. The average Bonchev–Trinajstić information content (AvgIpc) is 2.72. The van der Waals surface area contributed by atoms with Crippen molar-refractivity contribution in [1.82, 2.24) is 0 Å². The van der Waals surface area contributed by atoms with Crippen LogP contribution in [-0.4, -0.2) is 35.4 Å². The van der Waals surface area contributed by atoms with E-state index in [4.69, 9.17) is 14.2 Å². The van der Waals surface area contributed by atoms with E-state index in [9.17, 15) is 19.5 Å². The van der Waals surface area contributed by atoms with Crippen LogP contribution in [-0.2, 0) is 23.9 Å². The normalized spacial score (nSPS) is 26.7. The molecule has 3 aliphatic rings. The lowest BCUT2D eigenvalue weighted by Gasteiger charge is -2.42. The minimum atomic E-state index is -0.744. The maximum absolute atomic E-state index is 13.5. The number of benzene rings is 1. The second-order valence-electron chi connectivity index (χ2n) is 8.62. The number of rotatable bonds is 4. The number of ether oxygens (including phenoxy) is 3. The zero-order valence-corrected chi connectivity index (χ0v) is 18.4. The number of carbonyl (C=O) groups is 3. The third-order valence-electron chi connectivity index (χ3n) is 6.97. The van der Waals surface area contributed by atoms with Crippen LogP contribution in [0.1, 0.15) is 63.3 Å². The lowest BCUT2D eigenvalue weighted by atomic mass is 9.74. The summed E-state index contributed by atoms with van der Waals surface area (Å²) in [5.74, 6) is -0.957. The molecule has 7 nitrogen and oxygen atoms in total. The number of ketones is 2. The monoisotopic (exact) mass is 426 g/mol. The molecule has 0 radical (unpaired) electrons. The highest BCUT2D eigenvalue weighted by molar-refractivity contribution is 6.25. The fourth-order valence-electron chi connectivity index (χ4n) is 4.85. The first-order valence-corrected chi connectivity index (χ1v) is 10.4. The molecule has 0 fully saturated rings. The Bertz CT molecular complexity index is 1080. The Morgan fingerprint density at radius 3 is 2.45 bits per heavy atom. The minimum Gasteiger partial charge on any atom is -0.508 e. The molecular formula is C24H26O7. The van der Waals surface area contributed by atoms with Gasteiger partial charge in [-0.1, -0.05) is 13.8 Å². The van der Waals surface area contributed by atoms with E-state index < -0.39 is 23.9 Å². The van der Waals surface area contributed by atoms with E-state index in [1.54, 1.807) is 20.8 Å². The van der Waals surface area contributed by atoms with E-state index in [0.29, 0.717) is 23.4 Å². The first kappa shape index (κ1) is 21.3. The highest BCUT2D eigenvalue weighted by atomic mass is 16.5. The van der Waals surface area contributed by atoms with Gasteiger partial charge in [-0.15, -0.1) is 0 Å². The fraction of sp³-hybridized carbons (Fsp3) is 0.458. The number of hydrogen-bond acceptors (Lipinski definition) is 7. The smallest absolute Gasteiger partial charge is 0.293 e. The molecule has 2 aliphatic heterocycles. The van der Waals surface area contributed by atoms with E-state index in [1.807, 2.05) is 20.8 Å². The molecule has 1 N–H and O–H groups in total. The van der Waals surface area contributed by atoms with Crippen LogP contribution >= 0.6 is 0 Å². The van der Waals surface area contributed by atoms with E-state index in [0.717, 1.165) is 11.1 Å². The third-order valence-corrected chi connectivity index (χ3v) is 6.97. The molecule has 4 rings (SSSR count). The lowest BCUT2D eigenvalue weighted by Crippen LogP contribution is -2.39. The highest BCUT2D eigenvalue weighted by Crippen LogP contribution is 2.54. The molecule has 0 aromatic heterocycles. The molecule has 0 bridgehead atoms. The van der Waals surface area contributed by atoms with Crippen molar-refractivity contribution in [2.75, 3.05) is 0 Å². The summed E-state index contributed by atoms with van der Waals surface area (Å²) in [4.78, 5) is 37.7. The van der Waals surface area contributed by atoms with Crippen LogP contribution in [0.2, 0.25) is 0 Å². The zero-order valence-electron chi connectivity index (χ0n) is 18.4. The number of phenolic OH excluding ortho intramolecular Hbond substituents is 1. The standard InChI is InChI=1S/C24H26O7/c1-9(13(5)29-8-25)18-12(4)21(27)20-23-19-16(31-24(20)22(18)28)7-15(26)11(3)17(19)10(2)14(6)30-23/h7-10,13-14,23,26H,1-6H3/t9-,10-,13+,14-,23-/m0/s1. The molecule has 1 aromatic rings. The van der Waals surface area contributed by atoms with Crippen molar-refractivity contribution < 1.29 is 33.7 Å². The molecule has 0 saturated carbocycles. The minimum absolute atomic E-state index is 0.0224. The molecule has 0 amide bonds. The summed E-state index contributed by atoms with van der Waals surface area (Å²) < 4.78 is 17.2. The van der Waals surface area contributed by atoms with E-state index in [-0.39, 0.29) is 40.5 Å². The van der Waals surface area contributed by atoms with Crippen molar-refractivity contribution in [1.29, 1.82) is 0 Å². The van der Waals surface area contributed by atoms with Gasteiger partial charge in [-0.3, -0.25) is 14.4 Å². The molecule has 5 atom stereocenters. The number of Topliss-reactive ketones (excluding diaryl/α,β-unsaturated/α-hetero) is 2. The number of phenols is 1. The van der Waals surface area contributed by atoms with Gasteiger partial charge in [0.05, 0.1) is 11.7 Å². The molecule has 2 heterocycles. The zero-order chi connectivity index (χ0) is 22.8. The van der Waals surface area contributed by atoms with Crippen LogP contribution in [0.15, 0.2) is 28.5 Å². The van der Waals surface area contributed by atoms with Crippen LogP contribution in [0.3, 0.4) is 0 Å². The quantitative estimate of drug-likeness (QED) is 0.580. The molecule has 1 aliphatic carbocycles. The van der Waals surface area contributed by atoms with Gasteiger partial charge in [-0.2, -0.15) is 0 Å². The van der Waals surface area contributed by atoms with Crippen molar-refractivity contribution in [2.45, 2.75) is 65.8 Å². The Hall–Kier alpha value is -2.93. The van der Waals surface area contributed by atoms with Crippen molar-refractivity contribution in [3.63, 3.8) is 0 Å². The summed E-state index contributed by atoms with van der Waals surface area (Å²) in [6.07, 6.45) is -1.57. The summed E-state index contributed by atoms with van der Waals surface area (Å²) in [7, 11) is 0. The Morgan fingerprint density at radius 1 is 1.13 bits per heavy atom. The Labute approximate surface area is 180 Å².